The molecule has 0 amide bonds. The number of aromatic nitrogens is 1. The molecular formula is C22H23NO5. The lowest BCUT2D eigenvalue weighted by atomic mass is 9.73. The van der Waals surface area contributed by atoms with E-state index < -0.39 is 11.5 Å². The van der Waals surface area contributed by atoms with Crippen molar-refractivity contribution in [2.45, 2.75) is 37.6 Å². The zero-order chi connectivity index (χ0) is 19.9. The predicted molar refractivity (Wildman–Crippen MR) is 104 cm³/mol. The molecule has 1 N–H and O–H groups in total. The van der Waals surface area contributed by atoms with Crippen molar-refractivity contribution in [2.75, 3.05) is 14.2 Å². The van der Waals surface area contributed by atoms with Crippen LogP contribution in [0.4, 0.5) is 0 Å². The van der Waals surface area contributed by atoms with Gasteiger partial charge in [0, 0.05) is 5.69 Å². The fourth-order valence-electron chi connectivity index (χ4n) is 4.52. The number of ether oxygens (including phenoxy) is 2. The Hall–Kier alpha value is -3.02. The number of carbonyl (C=O) groups is 2. The number of carbonyl (C=O) groups excluding carboxylic acids is 2. The lowest BCUT2D eigenvalue weighted by Crippen LogP contribution is -2.49. The van der Waals surface area contributed by atoms with Gasteiger partial charge in [-0.05, 0) is 54.8 Å². The molecule has 146 valence electrons. The van der Waals surface area contributed by atoms with Gasteiger partial charge in [0.1, 0.15) is 16.9 Å². The molecule has 1 aromatic carbocycles. The van der Waals surface area contributed by atoms with Gasteiger partial charge < -0.3 is 19.1 Å². The third-order valence-electron chi connectivity index (χ3n) is 5.89. The minimum absolute atomic E-state index is 0.240. The Morgan fingerprint density at radius 3 is 2.25 bits per heavy atom. The predicted octanol–water partition coefficient (Wildman–Crippen LogP) is 3.85. The summed E-state index contributed by atoms with van der Waals surface area (Å²) in [5, 5.41) is 10.8. The van der Waals surface area contributed by atoms with Crippen LogP contribution in [0.15, 0.2) is 42.0 Å². The second-order valence-electron chi connectivity index (χ2n) is 7.30. The molecule has 1 spiro atoms. The molecule has 28 heavy (non-hydrogen) atoms. The molecule has 1 fully saturated rings. The summed E-state index contributed by atoms with van der Waals surface area (Å²) < 4.78 is 12.0. The molecule has 0 bridgehead atoms. The molecule has 1 aliphatic carbocycles. The quantitative estimate of drug-likeness (QED) is 0.645. The van der Waals surface area contributed by atoms with Gasteiger partial charge in [0.25, 0.3) is 0 Å². The Labute approximate surface area is 163 Å². The highest BCUT2D eigenvalue weighted by atomic mass is 16.5. The first-order valence-electron chi connectivity index (χ1n) is 9.47. The summed E-state index contributed by atoms with van der Waals surface area (Å²) in [5.74, 6) is -0.706. The number of methoxy groups -OCH3 is 2. The van der Waals surface area contributed by atoms with Crippen LogP contribution in [0.2, 0.25) is 0 Å². The number of nitrogens with zero attached hydrogens (tertiary/aromatic N) is 1. The first kappa shape index (κ1) is 18.3. The molecule has 1 aliphatic heterocycles. The van der Waals surface area contributed by atoms with E-state index in [0.29, 0.717) is 18.5 Å². The Bertz CT molecular complexity index is 961. The summed E-state index contributed by atoms with van der Waals surface area (Å²) in [7, 11) is 2.83. The van der Waals surface area contributed by atoms with Crippen molar-refractivity contribution in [2.24, 2.45) is 0 Å². The number of esters is 1. The van der Waals surface area contributed by atoms with Crippen LogP contribution in [0.5, 0.6) is 5.75 Å². The Morgan fingerprint density at radius 1 is 1.00 bits per heavy atom. The summed E-state index contributed by atoms with van der Waals surface area (Å²) in [5.41, 5.74) is 1.12. The van der Waals surface area contributed by atoms with Gasteiger partial charge in [-0.2, -0.15) is 0 Å². The number of fused-ring (bicyclic) bond motifs is 2. The summed E-state index contributed by atoms with van der Waals surface area (Å²) in [6, 6.07) is 11.2. The number of ketones is 1. The molecule has 1 aromatic heterocycles. The van der Waals surface area contributed by atoms with Crippen LogP contribution in [-0.4, -0.2) is 35.6 Å². The van der Waals surface area contributed by atoms with Gasteiger partial charge in [-0.15, -0.1) is 0 Å². The lowest BCUT2D eigenvalue weighted by molar-refractivity contribution is -0.140. The topological polar surface area (TPSA) is 77.8 Å². The van der Waals surface area contributed by atoms with Crippen LogP contribution in [-0.2, 0) is 19.9 Å². The highest BCUT2D eigenvalue weighted by Gasteiger charge is 2.50. The smallest absolute Gasteiger partial charge is 0.345 e. The van der Waals surface area contributed by atoms with E-state index in [1.807, 2.05) is 34.9 Å². The molecule has 2 aromatic rings. The van der Waals surface area contributed by atoms with E-state index in [9.17, 15) is 14.7 Å². The van der Waals surface area contributed by atoms with Crippen LogP contribution in [0, 0.1) is 0 Å². The molecule has 6 nitrogen and oxygen atoms in total. The third kappa shape index (κ3) is 2.55. The average Bonchev–Trinajstić information content (AvgIpc) is 3.19. The second-order valence-corrected chi connectivity index (χ2v) is 7.30. The summed E-state index contributed by atoms with van der Waals surface area (Å²) in [6.45, 7) is 0. The van der Waals surface area contributed by atoms with Crippen LogP contribution < -0.4 is 4.74 Å². The van der Waals surface area contributed by atoms with E-state index in [2.05, 4.69) is 0 Å². The molecule has 0 atom stereocenters. The number of rotatable bonds is 3. The van der Waals surface area contributed by atoms with Gasteiger partial charge in [-0.1, -0.05) is 19.3 Å². The van der Waals surface area contributed by atoms with Crippen molar-refractivity contribution >= 4 is 17.5 Å². The summed E-state index contributed by atoms with van der Waals surface area (Å²) in [4.78, 5) is 25.8. The zero-order valence-corrected chi connectivity index (χ0v) is 16.0. The van der Waals surface area contributed by atoms with Crippen molar-refractivity contribution in [1.82, 2.24) is 4.57 Å². The Kier molecular flexibility index (Phi) is 4.49. The lowest BCUT2D eigenvalue weighted by Gasteiger charge is -2.42. The van der Waals surface area contributed by atoms with Crippen LogP contribution >= 0.6 is 0 Å². The number of Topliss-reactive ketones (excluding diaryl/α,β-unsaturated/α-hetero) is 1. The third-order valence-corrected chi connectivity index (χ3v) is 5.89. The highest BCUT2D eigenvalue weighted by molar-refractivity contribution is 6.25. The van der Waals surface area contributed by atoms with Crippen molar-refractivity contribution in [3.63, 3.8) is 0 Å². The van der Waals surface area contributed by atoms with E-state index in [-0.39, 0.29) is 17.1 Å². The van der Waals surface area contributed by atoms with Crippen molar-refractivity contribution < 1.29 is 24.2 Å². The highest BCUT2D eigenvalue weighted by Crippen LogP contribution is 2.47. The van der Waals surface area contributed by atoms with Crippen LogP contribution in [0.3, 0.4) is 0 Å². The minimum Gasteiger partial charge on any atom is -0.505 e. The van der Waals surface area contributed by atoms with Gasteiger partial charge in [0.2, 0.25) is 0 Å². The molecular weight excluding hydrogens is 358 g/mol. The fraction of sp³-hybridized carbons (Fsp3) is 0.364. The minimum atomic E-state index is -0.873. The molecule has 1 saturated carbocycles. The van der Waals surface area contributed by atoms with Gasteiger partial charge in [0.05, 0.1) is 19.9 Å². The van der Waals surface area contributed by atoms with E-state index in [0.717, 1.165) is 36.3 Å². The maximum Gasteiger partial charge on any atom is 0.345 e. The summed E-state index contributed by atoms with van der Waals surface area (Å²) >= 11 is 0. The molecule has 6 heteroatoms. The van der Waals surface area contributed by atoms with Gasteiger partial charge in [-0.25, -0.2) is 4.79 Å². The van der Waals surface area contributed by atoms with E-state index in [4.69, 9.17) is 9.47 Å². The zero-order valence-electron chi connectivity index (χ0n) is 16.0. The maximum absolute atomic E-state index is 13.5. The molecule has 2 aliphatic rings. The number of hydrogen-bond donors (Lipinski definition) is 1. The van der Waals surface area contributed by atoms with Crippen LogP contribution in [0.25, 0.3) is 17.0 Å². The monoisotopic (exact) mass is 381 g/mol. The van der Waals surface area contributed by atoms with E-state index in [1.165, 1.54) is 7.11 Å². The fourth-order valence-corrected chi connectivity index (χ4v) is 4.52. The number of hydrogen-bond acceptors (Lipinski definition) is 5. The van der Waals surface area contributed by atoms with Gasteiger partial charge in [-0.3, -0.25) is 4.79 Å². The first-order chi connectivity index (χ1) is 13.5. The number of benzene rings is 1. The SMILES string of the molecule is COC(=O)C1=C(O)c2ccc(-c3ccc(OC)cc3)n2C2(CCCCC2)C1=O. The molecule has 2 heterocycles. The van der Waals surface area contributed by atoms with Crippen molar-refractivity contribution in [1.29, 1.82) is 0 Å². The number of aliphatic hydroxyl groups excluding tert-OH is 1. The average molecular weight is 381 g/mol. The van der Waals surface area contributed by atoms with Crippen molar-refractivity contribution in [3.8, 4) is 17.0 Å². The Morgan fingerprint density at radius 2 is 1.64 bits per heavy atom. The normalized spacial score (nSPS) is 18.1. The largest absolute Gasteiger partial charge is 0.505 e. The Balaban J connectivity index is 1.95. The van der Waals surface area contributed by atoms with Crippen molar-refractivity contribution in [3.05, 3.63) is 47.7 Å². The molecule has 4 rings (SSSR count). The standard InChI is InChI=1S/C22H23NO5/c1-27-15-8-6-14(7-9-15)16-10-11-17-19(24)18(21(26)28-2)20(25)22(23(16)17)12-4-3-5-13-22/h6-11,24H,3-5,12-13H2,1-2H3. The van der Waals surface area contributed by atoms with Gasteiger partial charge >= 0.3 is 5.97 Å². The summed E-state index contributed by atoms with van der Waals surface area (Å²) in [6.07, 6.45) is 4.09. The van der Waals surface area contributed by atoms with E-state index in [1.54, 1.807) is 13.2 Å². The van der Waals surface area contributed by atoms with E-state index >= 15 is 0 Å². The second kappa shape index (κ2) is 6.86. The molecule has 0 saturated heterocycles. The number of aliphatic hydroxyl groups is 1. The molecule has 0 radical (unpaired) electrons. The van der Waals surface area contributed by atoms with Gasteiger partial charge in [0.15, 0.2) is 11.5 Å². The molecule has 0 unspecified atom stereocenters. The van der Waals surface area contributed by atoms with Crippen LogP contribution in [0.1, 0.15) is 37.8 Å². The maximum atomic E-state index is 13.5. The first-order valence-corrected chi connectivity index (χ1v) is 9.47.